The third-order valence-electron chi connectivity index (χ3n) is 5.11. The molecule has 0 amide bonds. The first-order valence-electron chi connectivity index (χ1n) is 9.53. The Hall–Kier alpha value is -4.68. The predicted octanol–water partition coefficient (Wildman–Crippen LogP) is 5.53. The molecule has 0 aliphatic rings. The van der Waals surface area contributed by atoms with Gasteiger partial charge in [0, 0.05) is 41.3 Å². The van der Waals surface area contributed by atoms with Crippen LogP contribution in [-0.4, -0.2) is 9.49 Å². The summed E-state index contributed by atoms with van der Waals surface area (Å²) < 4.78 is 2.06. The van der Waals surface area contributed by atoms with Crippen molar-refractivity contribution in [3.8, 4) is 12.1 Å². The van der Waals surface area contributed by atoms with E-state index >= 15 is 0 Å². The highest BCUT2D eigenvalue weighted by Gasteiger charge is 2.12. The summed E-state index contributed by atoms with van der Waals surface area (Å²) in [6.45, 7) is 0.525. The lowest BCUT2D eigenvalue weighted by atomic mass is 10.0. The van der Waals surface area contributed by atoms with Crippen molar-refractivity contribution in [2.75, 3.05) is 0 Å². The first-order chi connectivity index (χ1) is 15.1. The fraction of sp³-hybridized carbons (Fsp3) is 0.0400. The van der Waals surface area contributed by atoms with Crippen LogP contribution in [0.3, 0.4) is 0 Å². The summed E-state index contributed by atoms with van der Waals surface area (Å²) in [6, 6.07) is 25.7. The van der Waals surface area contributed by atoms with Crippen LogP contribution in [0.4, 0.5) is 5.69 Å². The van der Waals surface area contributed by atoms with Crippen LogP contribution in [-0.2, 0) is 6.54 Å². The van der Waals surface area contributed by atoms with E-state index in [4.69, 9.17) is 0 Å². The first-order valence-corrected chi connectivity index (χ1v) is 9.53. The number of rotatable bonds is 5. The van der Waals surface area contributed by atoms with Crippen LogP contribution in [0.5, 0.6) is 0 Å². The number of allylic oxidation sites excluding steroid dienone is 1. The van der Waals surface area contributed by atoms with Crippen LogP contribution in [0, 0.1) is 32.8 Å². The fourth-order valence-electron chi connectivity index (χ4n) is 3.57. The molecule has 4 rings (SSSR count). The molecule has 4 aromatic rings. The van der Waals surface area contributed by atoms with Gasteiger partial charge >= 0.3 is 0 Å². The number of para-hydroxylation sites is 1. The number of nitrogens with zero attached hydrogens (tertiary/aromatic N) is 4. The second-order valence-electron chi connectivity index (χ2n) is 6.97. The minimum absolute atomic E-state index is 0.0196. The number of aromatic nitrogens is 1. The number of hydrogen-bond acceptors (Lipinski definition) is 4. The monoisotopic (exact) mass is 404 g/mol. The van der Waals surface area contributed by atoms with Gasteiger partial charge < -0.3 is 4.57 Å². The Bertz CT molecular complexity index is 1400. The molecule has 0 fully saturated rings. The first kappa shape index (κ1) is 19.6. The smallest absolute Gasteiger partial charge is 0.269 e. The molecule has 0 aliphatic carbocycles. The summed E-state index contributed by atoms with van der Waals surface area (Å²) in [5.41, 5.74) is 4.39. The van der Waals surface area contributed by atoms with Crippen molar-refractivity contribution in [2.24, 2.45) is 0 Å². The number of non-ortho nitro benzene ring substituents is 1. The molecule has 0 N–H and O–H groups in total. The molecule has 1 heterocycles. The molecule has 0 aliphatic heterocycles. The van der Waals surface area contributed by atoms with Crippen molar-refractivity contribution in [1.29, 1.82) is 10.5 Å². The van der Waals surface area contributed by atoms with Crippen LogP contribution in [0.1, 0.15) is 22.3 Å². The van der Waals surface area contributed by atoms with Crippen molar-refractivity contribution in [3.63, 3.8) is 0 Å². The van der Waals surface area contributed by atoms with Gasteiger partial charge in [-0.2, -0.15) is 10.5 Å². The number of fused-ring (bicyclic) bond motifs is 1. The van der Waals surface area contributed by atoms with Gasteiger partial charge in [-0.15, -0.1) is 0 Å². The molecule has 0 spiro atoms. The number of nitro groups is 1. The van der Waals surface area contributed by atoms with Crippen LogP contribution < -0.4 is 0 Å². The maximum Gasteiger partial charge on any atom is 0.269 e. The molecule has 6 heteroatoms. The zero-order chi connectivity index (χ0) is 21.8. The van der Waals surface area contributed by atoms with Crippen LogP contribution in [0.15, 0.2) is 79.0 Å². The van der Waals surface area contributed by atoms with Gasteiger partial charge in [0.1, 0.15) is 0 Å². The van der Waals surface area contributed by atoms with E-state index < -0.39 is 4.92 Å². The molecule has 0 bridgehead atoms. The Balaban J connectivity index is 1.78. The zero-order valence-electron chi connectivity index (χ0n) is 16.4. The van der Waals surface area contributed by atoms with Crippen LogP contribution in [0.2, 0.25) is 0 Å². The second kappa shape index (κ2) is 8.36. The van der Waals surface area contributed by atoms with Gasteiger partial charge in [-0.05, 0) is 41.5 Å². The summed E-state index contributed by atoms with van der Waals surface area (Å²) in [5, 5.41) is 31.0. The highest BCUT2D eigenvalue weighted by Crippen LogP contribution is 2.28. The molecule has 0 unspecified atom stereocenters. The number of nitriles is 2. The molecule has 31 heavy (non-hydrogen) atoms. The molecule has 6 nitrogen and oxygen atoms in total. The van der Waals surface area contributed by atoms with E-state index in [-0.39, 0.29) is 5.69 Å². The largest absolute Gasteiger partial charge is 0.342 e. The maximum atomic E-state index is 10.9. The van der Waals surface area contributed by atoms with Gasteiger partial charge in [-0.25, -0.2) is 0 Å². The van der Waals surface area contributed by atoms with E-state index in [1.807, 2.05) is 48.7 Å². The lowest BCUT2D eigenvalue weighted by Crippen LogP contribution is -2.00. The van der Waals surface area contributed by atoms with E-state index in [1.54, 1.807) is 24.3 Å². The summed E-state index contributed by atoms with van der Waals surface area (Å²) in [4.78, 5) is 10.4. The third-order valence-corrected chi connectivity index (χ3v) is 5.11. The quantitative estimate of drug-likeness (QED) is 0.248. The SMILES string of the molecule is N#C/C(=C/c1cn(Cc2ccccc2C#N)c2ccccc12)c1ccc([N+](=O)[O-])cc1. The Labute approximate surface area is 178 Å². The van der Waals surface area contributed by atoms with E-state index in [1.165, 1.54) is 12.1 Å². The second-order valence-corrected chi connectivity index (χ2v) is 6.97. The fourth-order valence-corrected chi connectivity index (χ4v) is 3.57. The van der Waals surface area contributed by atoms with Crippen molar-refractivity contribution in [1.82, 2.24) is 4.57 Å². The summed E-state index contributed by atoms with van der Waals surface area (Å²) in [5.74, 6) is 0. The van der Waals surface area contributed by atoms with Gasteiger partial charge in [-0.1, -0.05) is 36.4 Å². The molecular weight excluding hydrogens is 388 g/mol. The third kappa shape index (κ3) is 3.91. The average molecular weight is 404 g/mol. The van der Waals surface area contributed by atoms with E-state index in [0.717, 1.165) is 22.0 Å². The summed E-state index contributed by atoms with van der Waals surface area (Å²) >= 11 is 0. The summed E-state index contributed by atoms with van der Waals surface area (Å²) in [6.07, 6.45) is 3.75. The average Bonchev–Trinajstić information content (AvgIpc) is 3.15. The molecule has 0 saturated heterocycles. The molecule has 0 saturated carbocycles. The Morgan fingerprint density at radius 3 is 2.42 bits per heavy atom. The topological polar surface area (TPSA) is 95.7 Å². The van der Waals surface area contributed by atoms with Crippen molar-refractivity contribution < 1.29 is 4.92 Å². The molecule has 0 atom stereocenters. The number of nitro benzene ring substituents is 1. The normalized spacial score (nSPS) is 11.1. The molecule has 1 aromatic heterocycles. The van der Waals surface area contributed by atoms with Gasteiger partial charge in [0.25, 0.3) is 5.69 Å². The Morgan fingerprint density at radius 1 is 1.00 bits per heavy atom. The Morgan fingerprint density at radius 2 is 1.71 bits per heavy atom. The van der Waals surface area contributed by atoms with Gasteiger partial charge in [0.15, 0.2) is 0 Å². The molecule has 148 valence electrons. The standard InChI is InChI=1S/C25H16N4O2/c26-14-19-5-1-2-6-20(19)16-28-17-22(24-7-3-4-8-25(24)28)13-21(15-27)18-9-11-23(12-10-18)29(30)31/h1-13,17H,16H2/b21-13-. The van der Waals surface area contributed by atoms with Gasteiger partial charge in [0.2, 0.25) is 0 Å². The van der Waals surface area contributed by atoms with Crippen LogP contribution in [0.25, 0.3) is 22.6 Å². The summed E-state index contributed by atoms with van der Waals surface area (Å²) in [7, 11) is 0. The van der Waals surface area contributed by atoms with E-state index in [0.29, 0.717) is 23.2 Å². The van der Waals surface area contributed by atoms with Crippen molar-refractivity contribution in [3.05, 3.63) is 111 Å². The predicted molar refractivity (Wildman–Crippen MR) is 119 cm³/mol. The zero-order valence-corrected chi connectivity index (χ0v) is 16.4. The highest BCUT2D eigenvalue weighted by atomic mass is 16.6. The molecule has 3 aromatic carbocycles. The van der Waals surface area contributed by atoms with Gasteiger partial charge in [0.05, 0.1) is 28.2 Å². The highest BCUT2D eigenvalue weighted by molar-refractivity contribution is 5.98. The van der Waals surface area contributed by atoms with Gasteiger partial charge in [-0.3, -0.25) is 10.1 Å². The number of benzene rings is 3. The minimum atomic E-state index is -0.466. The Kier molecular flexibility index (Phi) is 5.29. The lowest BCUT2D eigenvalue weighted by Gasteiger charge is -2.07. The minimum Gasteiger partial charge on any atom is -0.342 e. The van der Waals surface area contributed by atoms with E-state index in [9.17, 15) is 20.6 Å². The lowest BCUT2D eigenvalue weighted by molar-refractivity contribution is -0.384. The maximum absolute atomic E-state index is 10.9. The number of hydrogen-bond donors (Lipinski definition) is 0. The van der Waals surface area contributed by atoms with E-state index in [2.05, 4.69) is 16.7 Å². The van der Waals surface area contributed by atoms with Crippen LogP contribution >= 0.6 is 0 Å². The molecular formula is C25H16N4O2. The molecule has 0 radical (unpaired) electrons. The van der Waals surface area contributed by atoms with Crippen molar-refractivity contribution >= 4 is 28.2 Å². The van der Waals surface area contributed by atoms with Crippen molar-refractivity contribution in [2.45, 2.75) is 6.54 Å².